The van der Waals surface area contributed by atoms with Gasteiger partial charge in [0.05, 0.1) is 12.2 Å². The van der Waals surface area contributed by atoms with Gasteiger partial charge in [0, 0.05) is 0 Å². The van der Waals surface area contributed by atoms with Gasteiger partial charge in [0.1, 0.15) is 6.10 Å². The van der Waals surface area contributed by atoms with Gasteiger partial charge in [0.15, 0.2) is 6.29 Å². The second-order valence-corrected chi connectivity index (χ2v) is 6.32. The third-order valence-electron chi connectivity index (χ3n) is 4.13. The summed E-state index contributed by atoms with van der Waals surface area (Å²) in [6.45, 7) is 6.39. The highest BCUT2D eigenvalue weighted by Crippen LogP contribution is 2.22. The summed E-state index contributed by atoms with van der Waals surface area (Å²) in [5.41, 5.74) is 0. The predicted octanol–water partition coefficient (Wildman–Crippen LogP) is 4.42. The van der Waals surface area contributed by atoms with Crippen LogP contribution in [0.25, 0.3) is 0 Å². The molecule has 0 aromatic heterocycles. The average Bonchev–Trinajstić information content (AvgIpc) is 2.42. The van der Waals surface area contributed by atoms with Crippen LogP contribution in [0, 0.1) is 0 Å². The minimum atomic E-state index is -0.456. The van der Waals surface area contributed by atoms with Crippen molar-refractivity contribution in [3.05, 3.63) is 0 Å². The van der Waals surface area contributed by atoms with Crippen molar-refractivity contribution < 1.29 is 14.6 Å². The number of unbranched alkanes of at least 4 members (excludes halogenated alkanes) is 6. The van der Waals surface area contributed by atoms with E-state index in [0.29, 0.717) is 0 Å². The average molecular weight is 286 g/mol. The summed E-state index contributed by atoms with van der Waals surface area (Å²) in [5.74, 6) is 0. The molecule has 0 saturated carbocycles. The zero-order valence-corrected chi connectivity index (χ0v) is 13.6. The van der Waals surface area contributed by atoms with Gasteiger partial charge in [-0.15, -0.1) is 0 Å². The van der Waals surface area contributed by atoms with Crippen LogP contribution >= 0.6 is 0 Å². The molecule has 20 heavy (non-hydrogen) atoms. The minimum Gasteiger partial charge on any atom is -0.388 e. The Balaban J connectivity index is 2.03. The van der Waals surface area contributed by atoms with E-state index < -0.39 is 12.4 Å². The van der Waals surface area contributed by atoms with Crippen molar-refractivity contribution in [2.75, 3.05) is 0 Å². The van der Waals surface area contributed by atoms with E-state index in [1.807, 2.05) is 6.92 Å². The van der Waals surface area contributed by atoms with Crippen LogP contribution in [0.4, 0.5) is 0 Å². The lowest BCUT2D eigenvalue weighted by Gasteiger charge is -2.33. The maximum atomic E-state index is 9.88. The summed E-state index contributed by atoms with van der Waals surface area (Å²) in [6.07, 6.45) is 11.6. The third-order valence-corrected chi connectivity index (χ3v) is 4.13. The molecular weight excluding hydrogens is 252 g/mol. The lowest BCUT2D eigenvalue weighted by atomic mass is 10.1. The van der Waals surface area contributed by atoms with Crippen LogP contribution in [0.3, 0.4) is 0 Å². The van der Waals surface area contributed by atoms with Crippen molar-refractivity contribution in [2.24, 2.45) is 0 Å². The first-order valence-corrected chi connectivity index (χ1v) is 8.62. The molecule has 0 aromatic rings. The van der Waals surface area contributed by atoms with Gasteiger partial charge in [-0.25, -0.2) is 0 Å². The lowest BCUT2D eigenvalue weighted by Crippen LogP contribution is -2.41. The minimum absolute atomic E-state index is 0.176. The molecule has 0 radical (unpaired) electrons. The van der Waals surface area contributed by atoms with Crippen LogP contribution < -0.4 is 0 Å². The van der Waals surface area contributed by atoms with Gasteiger partial charge < -0.3 is 14.6 Å². The molecule has 1 aliphatic rings. The van der Waals surface area contributed by atoms with Crippen LogP contribution in [-0.4, -0.2) is 29.7 Å². The summed E-state index contributed by atoms with van der Waals surface area (Å²) >= 11 is 0. The van der Waals surface area contributed by atoms with Gasteiger partial charge in [-0.2, -0.15) is 0 Å². The molecule has 0 amide bonds. The van der Waals surface area contributed by atoms with E-state index in [-0.39, 0.29) is 12.2 Å². The first-order chi connectivity index (χ1) is 9.63. The van der Waals surface area contributed by atoms with Gasteiger partial charge in [-0.3, -0.25) is 0 Å². The molecule has 120 valence electrons. The summed E-state index contributed by atoms with van der Waals surface area (Å²) in [6, 6.07) is 0. The van der Waals surface area contributed by atoms with Gasteiger partial charge in [-0.05, 0) is 33.1 Å². The molecule has 0 aliphatic carbocycles. The molecule has 0 aromatic carbocycles. The molecule has 0 bridgehead atoms. The maximum Gasteiger partial charge on any atom is 0.184 e. The Morgan fingerprint density at radius 2 is 1.75 bits per heavy atom. The molecule has 3 unspecified atom stereocenters. The van der Waals surface area contributed by atoms with Crippen molar-refractivity contribution in [1.29, 1.82) is 0 Å². The highest BCUT2D eigenvalue weighted by Gasteiger charge is 2.29. The predicted molar refractivity (Wildman–Crippen MR) is 82.7 cm³/mol. The second kappa shape index (κ2) is 10.6. The fourth-order valence-electron chi connectivity index (χ4n) is 2.74. The molecule has 1 heterocycles. The van der Waals surface area contributed by atoms with E-state index in [9.17, 15) is 5.11 Å². The Morgan fingerprint density at radius 1 is 1.10 bits per heavy atom. The number of aliphatic hydroxyl groups excluding tert-OH is 1. The van der Waals surface area contributed by atoms with Gasteiger partial charge in [0.25, 0.3) is 0 Å². The van der Waals surface area contributed by atoms with E-state index in [1.165, 1.54) is 44.9 Å². The van der Waals surface area contributed by atoms with Crippen LogP contribution in [0.15, 0.2) is 0 Å². The lowest BCUT2D eigenvalue weighted by molar-refractivity contribution is -0.251. The van der Waals surface area contributed by atoms with Crippen molar-refractivity contribution in [2.45, 2.75) is 110 Å². The third kappa shape index (κ3) is 7.61. The van der Waals surface area contributed by atoms with Crippen LogP contribution in [0.5, 0.6) is 0 Å². The number of hydrogen-bond donors (Lipinski definition) is 1. The van der Waals surface area contributed by atoms with Crippen molar-refractivity contribution in [1.82, 2.24) is 0 Å². The Morgan fingerprint density at radius 3 is 2.45 bits per heavy atom. The Hall–Kier alpha value is -0.120. The normalized spacial score (nSPS) is 28.5. The Labute approximate surface area is 125 Å². The summed E-state index contributed by atoms with van der Waals surface area (Å²) in [4.78, 5) is 0. The van der Waals surface area contributed by atoms with E-state index >= 15 is 0 Å². The largest absolute Gasteiger partial charge is 0.388 e. The summed E-state index contributed by atoms with van der Waals surface area (Å²) < 4.78 is 11.5. The smallest absolute Gasteiger partial charge is 0.184 e. The van der Waals surface area contributed by atoms with Crippen molar-refractivity contribution >= 4 is 0 Å². The molecule has 3 nitrogen and oxygen atoms in total. The molecule has 1 fully saturated rings. The molecule has 1 rings (SSSR count). The Bertz CT molecular complexity index is 232. The number of rotatable bonds is 10. The van der Waals surface area contributed by atoms with E-state index in [2.05, 4.69) is 13.8 Å². The van der Waals surface area contributed by atoms with Gasteiger partial charge >= 0.3 is 0 Å². The molecule has 1 aliphatic heterocycles. The second-order valence-electron chi connectivity index (χ2n) is 6.32. The molecule has 1 N–H and O–H groups in total. The molecule has 3 heteroatoms. The van der Waals surface area contributed by atoms with Gasteiger partial charge in [-0.1, -0.05) is 51.9 Å². The number of hydrogen-bond acceptors (Lipinski definition) is 3. The maximum absolute atomic E-state index is 9.88. The van der Waals surface area contributed by atoms with E-state index in [1.54, 1.807) is 0 Å². The first-order valence-electron chi connectivity index (χ1n) is 8.62. The zero-order chi connectivity index (χ0) is 14.8. The topological polar surface area (TPSA) is 38.7 Å². The van der Waals surface area contributed by atoms with Crippen molar-refractivity contribution in [3.63, 3.8) is 0 Å². The first kappa shape index (κ1) is 17.9. The monoisotopic (exact) mass is 286 g/mol. The van der Waals surface area contributed by atoms with E-state index in [4.69, 9.17) is 9.47 Å². The van der Waals surface area contributed by atoms with E-state index in [0.717, 1.165) is 19.3 Å². The zero-order valence-electron chi connectivity index (χ0n) is 13.6. The fraction of sp³-hybridized carbons (Fsp3) is 1.00. The Kier molecular flexibility index (Phi) is 9.49. The molecule has 0 spiro atoms. The fourth-order valence-corrected chi connectivity index (χ4v) is 2.74. The van der Waals surface area contributed by atoms with Crippen molar-refractivity contribution in [3.8, 4) is 0 Å². The quantitative estimate of drug-likeness (QED) is 0.604. The van der Waals surface area contributed by atoms with Crippen LogP contribution in [-0.2, 0) is 9.47 Å². The standard InChI is InChI=1S/C17H34O3/c1-4-5-6-7-8-9-10-11-14(2)19-17-16(18)13-12-15(3)20-17/h14-18H,4-13H2,1-3H3/t14-,15?,16?,17?/m1/s1. The van der Waals surface area contributed by atoms with Crippen LogP contribution in [0.2, 0.25) is 0 Å². The number of ether oxygens (including phenoxy) is 2. The van der Waals surface area contributed by atoms with Gasteiger partial charge in [0.2, 0.25) is 0 Å². The summed E-state index contributed by atoms with van der Waals surface area (Å²) in [5, 5.41) is 9.88. The highest BCUT2D eigenvalue weighted by molar-refractivity contribution is 4.71. The highest BCUT2D eigenvalue weighted by atomic mass is 16.7. The summed E-state index contributed by atoms with van der Waals surface area (Å²) in [7, 11) is 0. The molecule has 4 atom stereocenters. The molecule has 1 saturated heterocycles. The SMILES string of the molecule is CCCCCCCCC[C@@H](C)OC1OC(C)CCC1O. The van der Waals surface area contributed by atoms with Crippen LogP contribution in [0.1, 0.15) is 85.0 Å². The number of aliphatic hydroxyl groups is 1. The molecular formula is C17H34O3.